The van der Waals surface area contributed by atoms with Gasteiger partial charge in [-0.05, 0) is 63.1 Å². The number of nitrogens with zero attached hydrogens (tertiary/aromatic N) is 4. The molecule has 1 aliphatic heterocycles. The summed E-state index contributed by atoms with van der Waals surface area (Å²) in [5.74, 6) is 2.85. The smallest absolute Gasteiger partial charge is 0.253 e. The monoisotopic (exact) mass is 416 g/mol. The number of hydrogen-bond donors (Lipinski definition) is 0. The van der Waals surface area contributed by atoms with Gasteiger partial charge in [0.1, 0.15) is 17.4 Å². The van der Waals surface area contributed by atoms with Crippen molar-refractivity contribution in [3.05, 3.63) is 76.6 Å². The molecule has 1 fully saturated rings. The van der Waals surface area contributed by atoms with Crippen LogP contribution in [-0.2, 0) is 0 Å². The predicted molar refractivity (Wildman–Crippen MR) is 122 cm³/mol. The van der Waals surface area contributed by atoms with E-state index in [9.17, 15) is 4.79 Å². The lowest BCUT2D eigenvalue weighted by Gasteiger charge is -2.35. The van der Waals surface area contributed by atoms with Gasteiger partial charge in [0.15, 0.2) is 0 Å². The Bertz CT molecular complexity index is 1090. The van der Waals surface area contributed by atoms with Crippen LogP contribution < -0.4 is 9.64 Å². The molecule has 1 amide bonds. The minimum absolute atomic E-state index is 0.0880. The van der Waals surface area contributed by atoms with Crippen LogP contribution >= 0.6 is 0 Å². The second-order valence-corrected chi connectivity index (χ2v) is 8.10. The maximum atomic E-state index is 12.9. The molecule has 1 saturated heterocycles. The number of piperazine rings is 1. The van der Waals surface area contributed by atoms with Crippen LogP contribution in [0.15, 0.2) is 48.5 Å². The van der Waals surface area contributed by atoms with E-state index in [0.29, 0.717) is 24.8 Å². The van der Waals surface area contributed by atoms with Gasteiger partial charge in [0, 0.05) is 37.8 Å². The first-order valence-corrected chi connectivity index (χ1v) is 10.6. The highest BCUT2D eigenvalue weighted by molar-refractivity contribution is 5.94. The van der Waals surface area contributed by atoms with Gasteiger partial charge >= 0.3 is 0 Å². The lowest BCUT2D eigenvalue weighted by molar-refractivity contribution is 0.0746. The summed E-state index contributed by atoms with van der Waals surface area (Å²) >= 11 is 0. The van der Waals surface area contributed by atoms with Gasteiger partial charge in [-0.1, -0.05) is 23.8 Å². The fraction of sp³-hybridized carbons (Fsp3) is 0.320. The molecule has 0 bridgehead atoms. The van der Waals surface area contributed by atoms with Crippen LogP contribution in [-0.4, -0.2) is 47.0 Å². The van der Waals surface area contributed by atoms with Crippen LogP contribution in [0, 0.1) is 27.7 Å². The molecule has 31 heavy (non-hydrogen) atoms. The Labute approximate surface area is 183 Å². The van der Waals surface area contributed by atoms with E-state index in [2.05, 4.69) is 21.8 Å². The number of rotatable bonds is 4. The molecule has 0 unspecified atom stereocenters. The van der Waals surface area contributed by atoms with E-state index in [1.165, 1.54) is 11.1 Å². The summed E-state index contributed by atoms with van der Waals surface area (Å²) in [7, 11) is 0. The Balaban J connectivity index is 1.43. The van der Waals surface area contributed by atoms with Gasteiger partial charge in [0.25, 0.3) is 5.91 Å². The summed E-state index contributed by atoms with van der Waals surface area (Å²) in [5, 5.41) is 0. The van der Waals surface area contributed by atoms with E-state index in [0.717, 1.165) is 35.8 Å². The first-order valence-electron chi connectivity index (χ1n) is 10.6. The minimum Gasteiger partial charge on any atom is -0.439 e. The molecule has 0 N–H and O–H groups in total. The van der Waals surface area contributed by atoms with Crippen molar-refractivity contribution in [3.63, 3.8) is 0 Å². The highest BCUT2D eigenvalue weighted by Gasteiger charge is 2.23. The van der Waals surface area contributed by atoms with E-state index < -0.39 is 0 Å². The number of carbonyl (C=O) groups is 1. The average Bonchev–Trinajstić information content (AvgIpc) is 2.76. The van der Waals surface area contributed by atoms with E-state index in [-0.39, 0.29) is 5.91 Å². The Hall–Kier alpha value is -3.41. The second kappa shape index (κ2) is 8.76. The minimum atomic E-state index is 0.0880. The van der Waals surface area contributed by atoms with E-state index in [1.54, 1.807) is 0 Å². The fourth-order valence-electron chi connectivity index (χ4n) is 3.66. The molecule has 0 aliphatic carbocycles. The molecule has 3 aromatic rings. The number of ether oxygens (including phenoxy) is 1. The molecule has 0 saturated carbocycles. The Morgan fingerprint density at radius 1 is 0.839 bits per heavy atom. The maximum Gasteiger partial charge on any atom is 0.253 e. The van der Waals surface area contributed by atoms with Gasteiger partial charge < -0.3 is 14.5 Å². The molecular weight excluding hydrogens is 388 g/mol. The van der Waals surface area contributed by atoms with E-state index in [1.807, 2.05) is 74.2 Å². The van der Waals surface area contributed by atoms with Crippen molar-refractivity contribution in [2.75, 3.05) is 31.1 Å². The van der Waals surface area contributed by atoms with Crippen LogP contribution in [0.1, 0.15) is 32.9 Å². The van der Waals surface area contributed by atoms with Crippen molar-refractivity contribution in [1.29, 1.82) is 0 Å². The van der Waals surface area contributed by atoms with Gasteiger partial charge in [0.2, 0.25) is 5.88 Å². The summed E-state index contributed by atoms with van der Waals surface area (Å²) in [6, 6.07) is 15.7. The molecule has 0 radical (unpaired) electrons. The molecule has 4 rings (SSSR count). The number of benzene rings is 2. The normalized spacial score (nSPS) is 13.9. The first-order chi connectivity index (χ1) is 14.9. The number of amides is 1. The summed E-state index contributed by atoms with van der Waals surface area (Å²) < 4.78 is 5.94. The molecule has 6 heteroatoms. The van der Waals surface area contributed by atoms with Gasteiger partial charge in [-0.3, -0.25) is 4.79 Å². The van der Waals surface area contributed by atoms with E-state index in [4.69, 9.17) is 4.74 Å². The van der Waals surface area contributed by atoms with Gasteiger partial charge in [-0.15, -0.1) is 0 Å². The Kier molecular flexibility index (Phi) is 5.89. The number of hydrogen-bond acceptors (Lipinski definition) is 5. The highest BCUT2D eigenvalue weighted by Crippen LogP contribution is 2.24. The predicted octanol–water partition coefficient (Wildman–Crippen LogP) is 4.46. The molecule has 1 aliphatic rings. The maximum absolute atomic E-state index is 12.9. The Morgan fingerprint density at radius 3 is 2.23 bits per heavy atom. The molecule has 0 spiro atoms. The zero-order valence-electron chi connectivity index (χ0n) is 18.6. The van der Waals surface area contributed by atoms with Crippen LogP contribution in [0.2, 0.25) is 0 Å². The summed E-state index contributed by atoms with van der Waals surface area (Å²) in [6.45, 7) is 10.8. The van der Waals surface area contributed by atoms with Gasteiger partial charge in [-0.2, -0.15) is 4.98 Å². The molecule has 0 atom stereocenters. The van der Waals surface area contributed by atoms with Crippen molar-refractivity contribution in [2.24, 2.45) is 0 Å². The summed E-state index contributed by atoms with van der Waals surface area (Å²) in [5.41, 5.74) is 4.27. The van der Waals surface area contributed by atoms with Crippen molar-refractivity contribution in [3.8, 4) is 11.6 Å². The van der Waals surface area contributed by atoms with Crippen molar-refractivity contribution < 1.29 is 9.53 Å². The molecule has 160 valence electrons. The molecule has 2 heterocycles. The van der Waals surface area contributed by atoms with Crippen molar-refractivity contribution in [1.82, 2.24) is 14.9 Å². The van der Waals surface area contributed by atoms with Crippen LogP contribution in [0.3, 0.4) is 0 Å². The second-order valence-electron chi connectivity index (χ2n) is 8.10. The first kappa shape index (κ1) is 20.8. The fourth-order valence-corrected chi connectivity index (χ4v) is 3.66. The van der Waals surface area contributed by atoms with Crippen LogP contribution in [0.5, 0.6) is 11.6 Å². The number of anilines is 1. The topological polar surface area (TPSA) is 58.6 Å². The quantitative estimate of drug-likeness (QED) is 0.628. The van der Waals surface area contributed by atoms with E-state index >= 15 is 0 Å². The van der Waals surface area contributed by atoms with Crippen LogP contribution in [0.25, 0.3) is 0 Å². The molecule has 1 aromatic heterocycles. The van der Waals surface area contributed by atoms with Gasteiger partial charge in [0.05, 0.1) is 0 Å². The molecule has 2 aromatic carbocycles. The largest absolute Gasteiger partial charge is 0.439 e. The SMILES string of the molecule is Cc1ccc(Oc2cc(N3CCN(C(=O)c4ccc(C)c(C)c4)CC3)nc(C)n2)cc1. The lowest BCUT2D eigenvalue weighted by Crippen LogP contribution is -2.49. The third kappa shape index (κ3) is 4.85. The van der Waals surface area contributed by atoms with Crippen molar-refractivity contribution in [2.45, 2.75) is 27.7 Å². The number of carbonyl (C=O) groups excluding carboxylic acids is 1. The third-order valence-electron chi connectivity index (χ3n) is 5.69. The summed E-state index contributed by atoms with van der Waals surface area (Å²) in [6.07, 6.45) is 0. The number of aromatic nitrogens is 2. The standard InChI is InChI=1S/C25H28N4O2/c1-17-5-9-22(10-6-17)31-24-16-23(26-20(4)27-24)28-11-13-29(14-12-28)25(30)21-8-7-18(2)19(3)15-21/h5-10,15-16H,11-14H2,1-4H3. The third-order valence-corrected chi connectivity index (χ3v) is 5.69. The average molecular weight is 417 g/mol. The van der Waals surface area contributed by atoms with Crippen LogP contribution in [0.4, 0.5) is 5.82 Å². The summed E-state index contributed by atoms with van der Waals surface area (Å²) in [4.78, 5) is 26.0. The lowest BCUT2D eigenvalue weighted by atomic mass is 10.1. The molecular formula is C25H28N4O2. The van der Waals surface area contributed by atoms with Gasteiger partial charge in [-0.25, -0.2) is 4.98 Å². The molecule has 6 nitrogen and oxygen atoms in total. The Morgan fingerprint density at radius 2 is 1.55 bits per heavy atom. The van der Waals surface area contributed by atoms with Crippen molar-refractivity contribution >= 4 is 11.7 Å². The zero-order valence-corrected chi connectivity index (χ0v) is 18.6. The highest BCUT2D eigenvalue weighted by atomic mass is 16.5. The zero-order chi connectivity index (χ0) is 22.0. The number of aryl methyl sites for hydroxylation is 4.